The van der Waals surface area contributed by atoms with Gasteiger partial charge in [0.25, 0.3) is 0 Å². The maximum Gasteiger partial charge on any atom is 2.00 e. The van der Waals surface area contributed by atoms with Crippen LogP contribution in [0.3, 0.4) is 0 Å². The van der Waals surface area contributed by atoms with E-state index in [2.05, 4.69) is 20.3 Å². The Morgan fingerprint density at radius 3 is 1.53 bits per heavy atom. The minimum absolute atomic E-state index is 0. The molecule has 1 atom stereocenters. The van der Waals surface area contributed by atoms with E-state index in [1.54, 1.807) is 11.8 Å². The Morgan fingerprint density at radius 2 is 1.09 bits per heavy atom. The van der Waals surface area contributed by atoms with Crippen molar-refractivity contribution in [2.24, 2.45) is 0 Å². The van der Waals surface area contributed by atoms with E-state index in [0.717, 1.165) is 22.6 Å². The van der Waals surface area contributed by atoms with Crippen LogP contribution in [0.5, 0.6) is 0 Å². The first-order chi connectivity index (χ1) is 15.6. The average Bonchev–Trinajstić information content (AvgIpc) is 3.63. The first-order valence-corrected chi connectivity index (χ1v) is 11.8. The standard InChI is InChI=1S/C20H20OS.2C5H5.2Fe/c1-15(2)22-19-14-8-13-18(19)20(21,17-11-6-7-12-17)16-9-4-3-5-10-16;2*1-2-4-5-3-1;;/h3-15,21H,1-2H3;2*1-5H;;/q;;;2*+2/t20-;;;;/m0..../s1. The molecule has 0 spiro atoms. The zero-order chi connectivity index (χ0) is 22.7. The molecule has 0 aromatic heterocycles. The molecule has 1 aromatic carbocycles. The number of aliphatic hydroxyl groups is 1. The molecule has 4 fully saturated rings. The molecular weight excluding hydrogens is 520 g/mol. The Bertz CT molecular complexity index is 586. The molecule has 0 saturated heterocycles. The van der Waals surface area contributed by atoms with Gasteiger partial charge in [-0.1, -0.05) is 44.2 Å². The predicted molar refractivity (Wildman–Crippen MR) is 136 cm³/mol. The molecule has 4 saturated carbocycles. The largest absolute Gasteiger partial charge is 2.00 e. The number of rotatable bonds is 5. The van der Waals surface area contributed by atoms with Crippen molar-refractivity contribution in [3.63, 3.8) is 0 Å². The van der Waals surface area contributed by atoms with Crippen molar-refractivity contribution in [2.45, 2.75) is 24.7 Å². The summed E-state index contributed by atoms with van der Waals surface area (Å²) in [5, 5.41) is 13.3. The Balaban J connectivity index is 0.000000399. The van der Waals surface area contributed by atoms with E-state index in [1.807, 2.05) is 133 Å². The number of hydrogen-bond acceptors (Lipinski definition) is 2. The van der Waals surface area contributed by atoms with Crippen LogP contribution < -0.4 is 0 Å². The number of benzene rings is 1. The Morgan fingerprint density at radius 1 is 0.618 bits per heavy atom. The smallest absolute Gasteiger partial charge is 0.384 e. The zero-order valence-corrected chi connectivity index (χ0v) is 22.4. The van der Waals surface area contributed by atoms with Gasteiger partial charge in [0, 0.05) is 17.1 Å². The molecule has 1 aromatic rings. The van der Waals surface area contributed by atoms with Crippen LogP contribution in [0.2, 0.25) is 0 Å². The summed E-state index contributed by atoms with van der Waals surface area (Å²) < 4.78 is 0. The second-order valence-electron chi connectivity index (χ2n) is 7.64. The molecule has 1 N–H and O–H groups in total. The normalized spacial score (nSPS) is 22.7. The Hall–Kier alpha value is 0.569. The first-order valence-electron chi connectivity index (χ1n) is 10.9. The summed E-state index contributed by atoms with van der Waals surface area (Å²) in [5.74, 6) is 1.87. The van der Waals surface area contributed by atoms with Gasteiger partial charge in [-0.15, -0.1) is 11.8 Å². The van der Waals surface area contributed by atoms with Crippen LogP contribution in [0.4, 0.5) is 0 Å². The van der Waals surface area contributed by atoms with Gasteiger partial charge >= 0.3 is 34.1 Å². The molecule has 0 amide bonds. The van der Waals surface area contributed by atoms with Crippen molar-refractivity contribution >= 4 is 11.8 Å². The minimum Gasteiger partial charge on any atom is -0.384 e. The van der Waals surface area contributed by atoms with Gasteiger partial charge in [-0.3, -0.25) is 0 Å². The molecule has 0 bridgehead atoms. The van der Waals surface area contributed by atoms with E-state index in [0.29, 0.717) is 5.25 Å². The molecule has 4 aliphatic carbocycles. The zero-order valence-electron chi connectivity index (χ0n) is 19.3. The van der Waals surface area contributed by atoms with Crippen LogP contribution in [-0.2, 0) is 39.7 Å². The second kappa shape index (κ2) is 17.9. The van der Waals surface area contributed by atoms with Gasteiger partial charge in [-0.2, -0.15) is 0 Å². The van der Waals surface area contributed by atoms with Gasteiger partial charge in [-0.25, -0.2) is 0 Å². The molecule has 4 aliphatic rings. The third-order valence-corrected chi connectivity index (χ3v) is 5.99. The fraction of sp³-hybridized carbons (Fsp3) is 0.133. The third kappa shape index (κ3) is 9.79. The van der Waals surface area contributed by atoms with E-state index in [4.69, 9.17) is 0 Å². The van der Waals surface area contributed by atoms with Crippen molar-refractivity contribution in [1.29, 1.82) is 0 Å². The summed E-state index contributed by atoms with van der Waals surface area (Å²) in [4.78, 5) is 0. The van der Waals surface area contributed by atoms with Crippen molar-refractivity contribution in [3.05, 3.63) is 162 Å². The fourth-order valence-electron chi connectivity index (χ4n) is 3.47. The van der Waals surface area contributed by atoms with Crippen molar-refractivity contribution in [1.82, 2.24) is 0 Å². The molecule has 174 valence electrons. The average molecular weight is 550 g/mol. The molecule has 5 rings (SSSR count). The molecule has 0 unspecified atom stereocenters. The minimum atomic E-state index is -1.11. The maximum atomic E-state index is 11.7. The number of hydrogen-bond donors (Lipinski definition) is 1. The summed E-state index contributed by atoms with van der Waals surface area (Å²) in [6.45, 7) is 4.34. The SMILES string of the molecule is CC(C)S[C]1[CH][CH][CH][C]1[C@@](O)([C]1[CH][CH][CH][CH]1)c1ccccc1.[CH]1[CH][CH][CH][CH]1.[CH]1[CH][CH][CH][CH]1.[Fe+2].[Fe+2]. The monoisotopic (exact) mass is 550 g/mol. The maximum absolute atomic E-state index is 11.7. The van der Waals surface area contributed by atoms with Gasteiger partial charge in [0.15, 0.2) is 0 Å². The summed E-state index contributed by atoms with van der Waals surface area (Å²) in [6.07, 6.45) is 34.1. The molecular formula is C30H30Fe2OS+4. The summed E-state index contributed by atoms with van der Waals surface area (Å²) >= 11 is 1.79. The molecule has 34 heavy (non-hydrogen) atoms. The van der Waals surface area contributed by atoms with E-state index in [-0.39, 0.29) is 34.1 Å². The van der Waals surface area contributed by atoms with Gasteiger partial charge in [0.1, 0.15) is 5.60 Å². The summed E-state index contributed by atoms with van der Waals surface area (Å²) in [5.41, 5.74) is -0.205. The summed E-state index contributed by atoms with van der Waals surface area (Å²) in [7, 11) is 0. The molecule has 0 heterocycles. The topological polar surface area (TPSA) is 20.2 Å². The fourth-order valence-corrected chi connectivity index (χ4v) is 4.48. The van der Waals surface area contributed by atoms with Crippen LogP contribution in [-0.4, -0.2) is 10.4 Å². The van der Waals surface area contributed by atoms with Crippen LogP contribution in [0.15, 0.2) is 30.3 Å². The molecule has 20 radical (unpaired) electrons. The Labute approximate surface area is 236 Å². The van der Waals surface area contributed by atoms with E-state index in [9.17, 15) is 5.11 Å². The van der Waals surface area contributed by atoms with E-state index >= 15 is 0 Å². The predicted octanol–water partition coefficient (Wildman–Crippen LogP) is 6.19. The van der Waals surface area contributed by atoms with Crippen molar-refractivity contribution in [2.75, 3.05) is 0 Å². The first kappa shape index (κ1) is 32.6. The van der Waals surface area contributed by atoms with Crippen molar-refractivity contribution in [3.8, 4) is 0 Å². The Kier molecular flexibility index (Phi) is 17.2. The van der Waals surface area contributed by atoms with Crippen LogP contribution in [0.25, 0.3) is 0 Å². The second-order valence-corrected chi connectivity index (χ2v) is 9.26. The molecule has 4 heteroatoms. The molecule has 1 nitrogen and oxygen atoms in total. The van der Waals surface area contributed by atoms with Gasteiger partial charge in [0.05, 0.1) is 0 Å². The molecule has 0 aliphatic heterocycles. The van der Waals surface area contributed by atoms with E-state index in [1.165, 1.54) is 0 Å². The number of thioether (sulfide) groups is 1. The van der Waals surface area contributed by atoms with Crippen LogP contribution in [0.1, 0.15) is 19.4 Å². The third-order valence-electron chi connectivity index (χ3n) is 4.91. The van der Waals surface area contributed by atoms with Gasteiger partial charge < -0.3 is 5.11 Å². The van der Waals surface area contributed by atoms with E-state index < -0.39 is 5.60 Å². The summed E-state index contributed by atoms with van der Waals surface area (Å²) in [6, 6.07) is 9.90. The quantitative estimate of drug-likeness (QED) is 0.442. The van der Waals surface area contributed by atoms with Crippen molar-refractivity contribution < 1.29 is 39.2 Å². The van der Waals surface area contributed by atoms with Gasteiger partial charge in [-0.05, 0) is 120 Å². The van der Waals surface area contributed by atoms with Crippen LogP contribution in [0, 0.1) is 126 Å². The van der Waals surface area contributed by atoms with Crippen LogP contribution >= 0.6 is 11.8 Å². The van der Waals surface area contributed by atoms with Gasteiger partial charge in [0.2, 0.25) is 0 Å².